The van der Waals surface area contributed by atoms with E-state index in [1.54, 1.807) is 6.07 Å². The molecule has 0 radical (unpaired) electrons. The minimum Gasteiger partial charge on any atom is -0.506 e. The van der Waals surface area contributed by atoms with Crippen molar-refractivity contribution in [3.8, 4) is 5.75 Å². The van der Waals surface area contributed by atoms with Gasteiger partial charge in [-0.1, -0.05) is 29.6 Å². The number of phenolic OH excluding ortho intramolecular Hbond substituents is 1. The molecule has 0 aromatic heterocycles. The number of likely N-dealkylation sites (tertiary alicyclic amines) is 1. The zero-order valence-electron chi connectivity index (χ0n) is 11.9. The molecular formula is C15H18Cl2N2O2. The van der Waals surface area contributed by atoms with Gasteiger partial charge in [0, 0.05) is 16.8 Å². The molecule has 1 fully saturated rings. The van der Waals surface area contributed by atoms with Crippen molar-refractivity contribution in [1.82, 2.24) is 4.90 Å². The van der Waals surface area contributed by atoms with Crippen molar-refractivity contribution < 1.29 is 9.90 Å². The van der Waals surface area contributed by atoms with E-state index in [0.717, 1.165) is 25.8 Å². The van der Waals surface area contributed by atoms with Crippen LogP contribution in [-0.2, 0) is 4.79 Å². The molecule has 2 rings (SSSR count). The van der Waals surface area contributed by atoms with Gasteiger partial charge in [-0.15, -0.1) is 0 Å². The SMILES string of the molecule is CN1CCCCC1C(=O)CN=Cc1cc(Cl)cc(Cl)c1O. The van der Waals surface area contributed by atoms with Gasteiger partial charge in [-0.3, -0.25) is 14.7 Å². The summed E-state index contributed by atoms with van der Waals surface area (Å²) in [5.41, 5.74) is 0.414. The lowest BCUT2D eigenvalue weighted by molar-refractivity contribution is -0.123. The highest BCUT2D eigenvalue weighted by atomic mass is 35.5. The lowest BCUT2D eigenvalue weighted by Crippen LogP contribution is -2.42. The van der Waals surface area contributed by atoms with E-state index < -0.39 is 0 Å². The van der Waals surface area contributed by atoms with E-state index in [-0.39, 0.29) is 29.1 Å². The third-order valence-corrected chi connectivity index (χ3v) is 4.18. The number of piperidine rings is 1. The highest BCUT2D eigenvalue weighted by Crippen LogP contribution is 2.30. The van der Waals surface area contributed by atoms with E-state index in [0.29, 0.717) is 10.6 Å². The lowest BCUT2D eigenvalue weighted by Gasteiger charge is -2.30. The van der Waals surface area contributed by atoms with E-state index in [1.165, 1.54) is 12.3 Å². The maximum absolute atomic E-state index is 12.1. The number of likely N-dealkylation sites (N-methyl/N-ethyl adjacent to an activating group) is 1. The first-order valence-electron chi connectivity index (χ1n) is 6.90. The highest BCUT2D eigenvalue weighted by molar-refractivity contribution is 6.36. The van der Waals surface area contributed by atoms with Gasteiger partial charge < -0.3 is 5.11 Å². The van der Waals surface area contributed by atoms with Crippen LogP contribution in [0.2, 0.25) is 10.0 Å². The van der Waals surface area contributed by atoms with Crippen molar-refractivity contribution in [3.05, 3.63) is 27.7 Å². The number of hydrogen-bond donors (Lipinski definition) is 1. The number of benzene rings is 1. The number of phenols is 1. The summed E-state index contributed by atoms with van der Waals surface area (Å²) in [5.74, 6) is 0.0214. The zero-order chi connectivity index (χ0) is 15.4. The number of carbonyl (C=O) groups excluding carboxylic acids is 1. The molecule has 1 unspecified atom stereocenters. The Hall–Kier alpha value is -1.10. The van der Waals surface area contributed by atoms with Gasteiger partial charge in [0.25, 0.3) is 0 Å². The number of Topliss-reactive ketones (excluding diaryl/α,β-unsaturated/α-hetero) is 1. The highest BCUT2D eigenvalue weighted by Gasteiger charge is 2.24. The predicted octanol–water partition coefficient (Wildman–Crippen LogP) is 3.17. The number of aromatic hydroxyl groups is 1. The van der Waals surface area contributed by atoms with Crippen molar-refractivity contribution in [2.75, 3.05) is 20.1 Å². The number of carbonyl (C=O) groups is 1. The lowest BCUT2D eigenvalue weighted by atomic mass is 9.99. The molecule has 0 amide bonds. The fourth-order valence-corrected chi connectivity index (χ4v) is 3.01. The van der Waals surface area contributed by atoms with Gasteiger partial charge >= 0.3 is 0 Å². The Morgan fingerprint density at radius 2 is 2.24 bits per heavy atom. The molecule has 1 aromatic carbocycles. The Balaban J connectivity index is 2.00. The second-order valence-corrected chi connectivity index (χ2v) is 6.10. The summed E-state index contributed by atoms with van der Waals surface area (Å²) in [6, 6.07) is 2.97. The van der Waals surface area contributed by atoms with Crippen molar-refractivity contribution in [2.45, 2.75) is 25.3 Å². The van der Waals surface area contributed by atoms with E-state index in [9.17, 15) is 9.90 Å². The quantitative estimate of drug-likeness (QED) is 0.863. The number of rotatable bonds is 4. The molecule has 1 aliphatic rings. The van der Waals surface area contributed by atoms with Crippen molar-refractivity contribution in [3.63, 3.8) is 0 Å². The molecule has 1 heterocycles. The molecule has 1 aliphatic heterocycles. The number of aliphatic imine (C=N–C) groups is 1. The summed E-state index contributed by atoms with van der Waals surface area (Å²) in [6.07, 6.45) is 4.54. The zero-order valence-corrected chi connectivity index (χ0v) is 13.4. The van der Waals surface area contributed by atoms with Crippen LogP contribution in [0.15, 0.2) is 17.1 Å². The molecule has 1 saturated heterocycles. The minimum absolute atomic E-state index is 0.0487. The van der Waals surface area contributed by atoms with Gasteiger partial charge in [0.1, 0.15) is 5.75 Å². The third-order valence-electron chi connectivity index (χ3n) is 3.68. The second-order valence-electron chi connectivity index (χ2n) is 5.25. The van der Waals surface area contributed by atoms with Crippen LogP contribution in [-0.4, -0.2) is 48.2 Å². The second kappa shape index (κ2) is 7.25. The van der Waals surface area contributed by atoms with Gasteiger partial charge in [-0.05, 0) is 38.6 Å². The maximum Gasteiger partial charge on any atom is 0.171 e. The first-order chi connectivity index (χ1) is 9.99. The van der Waals surface area contributed by atoms with Crippen LogP contribution in [0.5, 0.6) is 5.75 Å². The molecule has 114 valence electrons. The van der Waals surface area contributed by atoms with Crippen molar-refractivity contribution in [1.29, 1.82) is 0 Å². The molecule has 1 aromatic rings. The standard InChI is InChI=1S/C15H18Cl2N2O2/c1-19-5-3-2-4-13(19)14(20)9-18-8-10-6-11(16)7-12(17)15(10)21/h6-8,13,21H,2-5,9H2,1H3. The topological polar surface area (TPSA) is 52.9 Å². The maximum atomic E-state index is 12.1. The van der Waals surface area contributed by atoms with Crippen LogP contribution in [0.3, 0.4) is 0 Å². The first kappa shape index (κ1) is 16.3. The Morgan fingerprint density at radius 3 is 2.95 bits per heavy atom. The minimum atomic E-state index is -0.0768. The van der Waals surface area contributed by atoms with E-state index in [2.05, 4.69) is 9.89 Å². The summed E-state index contributed by atoms with van der Waals surface area (Å²) >= 11 is 11.7. The first-order valence-corrected chi connectivity index (χ1v) is 7.65. The Kier molecular flexibility index (Phi) is 5.62. The van der Waals surface area contributed by atoms with E-state index in [1.807, 2.05) is 7.05 Å². The normalized spacial score (nSPS) is 20.0. The Labute approximate surface area is 134 Å². The molecule has 0 saturated carbocycles. The molecule has 6 heteroatoms. The third kappa shape index (κ3) is 4.19. The van der Waals surface area contributed by atoms with Crippen LogP contribution in [0, 0.1) is 0 Å². The summed E-state index contributed by atoms with van der Waals surface area (Å²) in [6.45, 7) is 1.05. The van der Waals surface area contributed by atoms with Gasteiger partial charge in [0.05, 0.1) is 17.6 Å². The number of hydrogen-bond acceptors (Lipinski definition) is 4. The van der Waals surface area contributed by atoms with Gasteiger partial charge in [0.2, 0.25) is 0 Å². The largest absolute Gasteiger partial charge is 0.506 e. The van der Waals surface area contributed by atoms with Crippen molar-refractivity contribution in [2.24, 2.45) is 4.99 Å². The van der Waals surface area contributed by atoms with Crippen LogP contribution in [0.1, 0.15) is 24.8 Å². The summed E-state index contributed by atoms with van der Waals surface area (Å²) < 4.78 is 0. The van der Waals surface area contributed by atoms with Gasteiger partial charge in [-0.25, -0.2) is 0 Å². The number of halogens is 2. The molecule has 0 spiro atoms. The van der Waals surface area contributed by atoms with Crippen molar-refractivity contribution >= 4 is 35.2 Å². The van der Waals surface area contributed by atoms with Crippen LogP contribution >= 0.6 is 23.2 Å². The van der Waals surface area contributed by atoms with Crippen LogP contribution in [0.25, 0.3) is 0 Å². The Morgan fingerprint density at radius 1 is 1.48 bits per heavy atom. The van der Waals surface area contributed by atoms with Gasteiger partial charge in [0.15, 0.2) is 5.78 Å². The monoisotopic (exact) mass is 328 g/mol. The van der Waals surface area contributed by atoms with Crippen LogP contribution < -0.4 is 0 Å². The average Bonchev–Trinajstić information content (AvgIpc) is 2.44. The number of nitrogens with zero attached hydrogens (tertiary/aromatic N) is 2. The predicted molar refractivity (Wildman–Crippen MR) is 85.9 cm³/mol. The smallest absolute Gasteiger partial charge is 0.171 e. The molecule has 21 heavy (non-hydrogen) atoms. The summed E-state index contributed by atoms with van der Waals surface area (Å²) in [4.78, 5) is 18.3. The van der Waals surface area contributed by atoms with E-state index >= 15 is 0 Å². The Bertz CT molecular complexity index is 561. The molecule has 1 N–H and O–H groups in total. The number of ketones is 1. The molecule has 1 atom stereocenters. The molecule has 4 nitrogen and oxygen atoms in total. The summed E-state index contributed by atoms with van der Waals surface area (Å²) in [5, 5.41) is 10.4. The molecule has 0 bridgehead atoms. The van der Waals surface area contributed by atoms with E-state index in [4.69, 9.17) is 23.2 Å². The molecular weight excluding hydrogens is 311 g/mol. The van der Waals surface area contributed by atoms with Gasteiger partial charge in [-0.2, -0.15) is 0 Å². The fraction of sp³-hybridized carbons (Fsp3) is 0.467. The molecule has 0 aliphatic carbocycles. The summed E-state index contributed by atoms with van der Waals surface area (Å²) in [7, 11) is 1.97. The fourth-order valence-electron chi connectivity index (χ4n) is 2.51. The average molecular weight is 329 g/mol. The van der Waals surface area contributed by atoms with Crippen LogP contribution in [0.4, 0.5) is 0 Å².